The summed E-state index contributed by atoms with van der Waals surface area (Å²) in [7, 11) is 0. The van der Waals surface area contributed by atoms with E-state index >= 15 is 0 Å². The van der Waals surface area contributed by atoms with Gasteiger partial charge in [-0.15, -0.1) is 0 Å². The molecule has 0 bridgehead atoms. The number of nitrogens with two attached hydrogens (primary N) is 1. The third-order valence-electron chi connectivity index (χ3n) is 3.40. The normalized spacial score (nSPS) is 15.7. The zero-order valence-electron chi connectivity index (χ0n) is 10.7. The van der Waals surface area contributed by atoms with Crippen molar-refractivity contribution in [1.29, 1.82) is 0 Å². The van der Waals surface area contributed by atoms with E-state index in [1.54, 1.807) is 6.07 Å². The molecule has 1 fully saturated rings. The van der Waals surface area contributed by atoms with Gasteiger partial charge in [0.2, 0.25) is 0 Å². The van der Waals surface area contributed by atoms with Crippen LogP contribution in [0.25, 0.3) is 0 Å². The summed E-state index contributed by atoms with van der Waals surface area (Å²) in [6.07, 6.45) is 2.42. The van der Waals surface area contributed by atoms with Gasteiger partial charge in [0.05, 0.1) is 0 Å². The van der Waals surface area contributed by atoms with Crippen LogP contribution in [0.5, 0.6) is 0 Å². The number of amides is 1. The molecule has 3 heteroatoms. The minimum absolute atomic E-state index is 0.0303. The highest BCUT2D eigenvalue weighted by Crippen LogP contribution is 2.39. The average Bonchev–Trinajstić information content (AvgIpc) is 2.98. The molecular weight excluding hydrogens is 212 g/mol. The molecule has 3 N–H and O–H groups in total. The Bertz CT molecular complexity index is 427. The first-order valence-electron chi connectivity index (χ1n) is 6.08. The monoisotopic (exact) mass is 232 g/mol. The number of hydrogen-bond donors (Lipinski definition) is 2. The summed E-state index contributed by atoms with van der Waals surface area (Å²) >= 11 is 0. The summed E-state index contributed by atoms with van der Waals surface area (Å²) in [4.78, 5) is 12.1. The molecule has 0 saturated heterocycles. The molecule has 0 aromatic heterocycles. The Balaban J connectivity index is 2.14. The van der Waals surface area contributed by atoms with Gasteiger partial charge in [-0.1, -0.05) is 0 Å². The minimum Gasteiger partial charge on any atom is -0.399 e. The molecule has 1 aromatic carbocycles. The summed E-state index contributed by atoms with van der Waals surface area (Å²) in [6.45, 7) is 6.11. The fraction of sp³-hybridized carbons (Fsp3) is 0.500. The lowest BCUT2D eigenvalue weighted by molar-refractivity contribution is 0.0903. The van der Waals surface area contributed by atoms with E-state index in [2.05, 4.69) is 19.2 Å². The highest BCUT2D eigenvalue weighted by molar-refractivity contribution is 5.95. The van der Waals surface area contributed by atoms with Gasteiger partial charge in [-0.05, 0) is 63.3 Å². The zero-order chi connectivity index (χ0) is 12.6. The first-order chi connectivity index (χ1) is 7.88. The first kappa shape index (κ1) is 12.0. The Morgan fingerprint density at radius 1 is 1.35 bits per heavy atom. The molecule has 92 valence electrons. The van der Waals surface area contributed by atoms with Crippen LogP contribution in [0.3, 0.4) is 0 Å². The van der Waals surface area contributed by atoms with Crippen molar-refractivity contribution in [2.45, 2.75) is 39.2 Å². The number of aryl methyl sites for hydroxylation is 1. The molecular formula is C14H20N2O. The van der Waals surface area contributed by atoms with Crippen LogP contribution in [0.1, 0.15) is 42.6 Å². The summed E-state index contributed by atoms with van der Waals surface area (Å²) in [6, 6.07) is 5.46. The number of benzene rings is 1. The van der Waals surface area contributed by atoms with Gasteiger partial charge in [-0.2, -0.15) is 0 Å². The van der Waals surface area contributed by atoms with E-state index < -0.39 is 0 Å². The van der Waals surface area contributed by atoms with Crippen molar-refractivity contribution in [2.24, 2.45) is 5.92 Å². The minimum atomic E-state index is -0.115. The molecule has 0 aliphatic heterocycles. The van der Waals surface area contributed by atoms with Gasteiger partial charge in [0.1, 0.15) is 0 Å². The lowest BCUT2D eigenvalue weighted by atomic mass is 9.98. The number of nitrogens with one attached hydrogen (secondary N) is 1. The van der Waals surface area contributed by atoms with Gasteiger partial charge < -0.3 is 11.1 Å². The molecule has 1 amide bonds. The van der Waals surface area contributed by atoms with Crippen LogP contribution in [0.2, 0.25) is 0 Å². The molecule has 0 unspecified atom stereocenters. The Morgan fingerprint density at radius 2 is 2.00 bits per heavy atom. The predicted octanol–water partition coefficient (Wildman–Crippen LogP) is 2.50. The fourth-order valence-corrected chi connectivity index (χ4v) is 2.22. The third kappa shape index (κ3) is 2.78. The summed E-state index contributed by atoms with van der Waals surface area (Å²) in [5.41, 5.74) is 7.94. The second-order valence-electron chi connectivity index (χ2n) is 5.58. The smallest absolute Gasteiger partial charge is 0.251 e. The lowest BCUT2D eigenvalue weighted by Gasteiger charge is -2.26. The van der Waals surface area contributed by atoms with Crippen molar-refractivity contribution >= 4 is 11.6 Å². The second kappa shape index (κ2) is 4.06. The number of carbonyl (C=O) groups excluding carboxylic acids is 1. The van der Waals surface area contributed by atoms with Crippen molar-refractivity contribution in [3.05, 3.63) is 29.3 Å². The van der Waals surface area contributed by atoms with Gasteiger partial charge in [-0.3, -0.25) is 4.79 Å². The van der Waals surface area contributed by atoms with Crippen molar-refractivity contribution in [3.8, 4) is 0 Å². The number of nitrogen functional groups attached to an aromatic ring is 1. The van der Waals surface area contributed by atoms with Gasteiger partial charge in [0.25, 0.3) is 5.91 Å². The van der Waals surface area contributed by atoms with Crippen LogP contribution in [-0.4, -0.2) is 11.4 Å². The van der Waals surface area contributed by atoms with Crippen molar-refractivity contribution in [3.63, 3.8) is 0 Å². The second-order valence-corrected chi connectivity index (χ2v) is 5.58. The van der Waals surface area contributed by atoms with Gasteiger partial charge in [-0.25, -0.2) is 0 Å². The Kier molecular flexibility index (Phi) is 2.86. The largest absolute Gasteiger partial charge is 0.399 e. The molecule has 1 aliphatic rings. The molecule has 1 aromatic rings. The van der Waals surface area contributed by atoms with E-state index in [0.717, 1.165) is 5.56 Å². The Labute approximate surface area is 102 Å². The molecule has 2 rings (SSSR count). The van der Waals surface area contributed by atoms with Crippen LogP contribution >= 0.6 is 0 Å². The maximum Gasteiger partial charge on any atom is 0.251 e. The average molecular weight is 232 g/mol. The van der Waals surface area contributed by atoms with Gasteiger partial charge in [0.15, 0.2) is 0 Å². The lowest BCUT2D eigenvalue weighted by Crippen LogP contribution is -2.45. The van der Waals surface area contributed by atoms with Crippen molar-refractivity contribution < 1.29 is 4.79 Å². The number of rotatable bonds is 3. The van der Waals surface area contributed by atoms with Crippen LogP contribution in [0.15, 0.2) is 18.2 Å². The highest BCUT2D eigenvalue weighted by atomic mass is 16.1. The predicted molar refractivity (Wildman–Crippen MR) is 69.9 cm³/mol. The quantitative estimate of drug-likeness (QED) is 0.787. The van der Waals surface area contributed by atoms with E-state index in [1.165, 1.54) is 12.8 Å². The van der Waals surface area contributed by atoms with Crippen molar-refractivity contribution in [2.75, 3.05) is 5.73 Å². The summed E-state index contributed by atoms with van der Waals surface area (Å²) in [5, 5.41) is 3.09. The Morgan fingerprint density at radius 3 is 2.53 bits per heavy atom. The molecule has 1 saturated carbocycles. The molecule has 0 spiro atoms. The van der Waals surface area contributed by atoms with Gasteiger partial charge >= 0.3 is 0 Å². The van der Waals surface area contributed by atoms with E-state index in [0.29, 0.717) is 17.2 Å². The number of anilines is 1. The topological polar surface area (TPSA) is 55.1 Å². The number of carbonyl (C=O) groups is 1. The number of hydrogen-bond acceptors (Lipinski definition) is 2. The van der Waals surface area contributed by atoms with Crippen molar-refractivity contribution in [1.82, 2.24) is 5.32 Å². The van der Waals surface area contributed by atoms with E-state index in [4.69, 9.17) is 5.73 Å². The standard InChI is InChI=1S/C14H20N2O/c1-9-6-10(8-12(15)7-9)13(17)16-14(2,3)11-4-5-11/h6-8,11H,4-5,15H2,1-3H3,(H,16,17). The Hall–Kier alpha value is -1.51. The van der Waals surface area contributed by atoms with Crippen LogP contribution in [0.4, 0.5) is 5.69 Å². The van der Waals surface area contributed by atoms with Crippen LogP contribution < -0.4 is 11.1 Å². The fourth-order valence-electron chi connectivity index (χ4n) is 2.22. The first-order valence-corrected chi connectivity index (χ1v) is 6.08. The molecule has 3 nitrogen and oxygen atoms in total. The van der Waals surface area contributed by atoms with E-state index in [-0.39, 0.29) is 11.4 Å². The maximum absolute atomic E-state index is 12.1. The maximum atomic E-state index is 12.1. The summed E-state index contributed by atoms with van der Waals surface area (Å²) < 4.78 is 0. The van der Waals surface area contributed by atoms with E-state index in [9.17, 15) is 4.79 Å². The zero-order valence-corrected chi connectivity index (χ0v) is 10.7. The molecule has 0 atom stereocenters. The molecule has 1 aliphatic carbocycles. The SMILES string of the molecule is Cc1cc(N)cc(C(=O)NC(C)(C)C2CC2)c1. The third-order valence-corrected chi connectivity index (χ3v) is 3.40. The molecule has 0 heterocycles. The highest BCUT2D eigenvalue weighted by Gasteiger charge is 2.38. The van der Waals surface area contributed by atoms with Gasteiger partial charge in [0, 0.05) is 16.8 Å². The molecule has 0 radical (unpaired) electrons. The van der Waals surface area contributed by atoms with Crippen LogP contribution in [0, 0.1) is 12.8 Å². The molecule has 17 heavy (non-hydrogen) atoms. The van der Waals surface area contributed by atoms with Crippen LogP contribution in [-0.2, 0) is 0 Å². The summed E-state index contributed by atoms with van der Waals surface area (Å²) in [5.74, 6) is 0.589. The van der Waals surface area contributed by atoms with E-state index in [1.807, 2.05) is 19.1 Å².